The number of anilines is 1. The standard InChI is InChI=1S/C31H41ClN4O5/c1-18-5-4-6-23(20(18)3)34-29(38)27-31-10-9-24(41-31)25(28(37)33-21-8-7-19(2)22(32)17-21)26(31)30(39)36(27)12-11-35-13-15-40-16-14-35/h7-10,17-18,20,23-27H,4-6,11-16H2,1-3H3,(H,33,37)(H,34,38)/t18?,20?,23?,24-,25?,26-,27?,31?/m1/s1. The van der Waals surface area contributed by atoms with Gasteiger partial charge in [0.05, 0.1) is 31.2 Å². The number of carbonyl (C=O) groups excluding carboxylic acids is 3. The molecule has 8 atom stereocenters. The second-order valence-electron chi connectivity index (χ2n) is 12.5. The molecule has 6 unspecified atom stereocenters. The van der Waals surface area contributed by atoms with Gasteiger partial charge in [0, 0.05) is 42.9 Å². The zero-order valence-electron chi connectivity index (χ0n) is 24.1. The van der Waals surface area contributed by atoms with Gasteiger partial charge in [-0.3, -0.25) is 19.3 Å². The van der Waals surface area contributed by atoms with Crippen molar-refractivity contribution in [3.63, 3.8) is 0 Å². The van der Waals surface area contributed by atoms with Gasteiger partial charge in [0.15, 0.2) is 0 Å². The van der Waals surface area contributed by atoms with Gasteiger partial charge in [0.25, 0.3) is 0 Å². The molecule has 9 nitrogen and oxygen atoms in total. The van der Waals surface area contributed by atoms with E-state index in [9.17, 15) is 14.4 Å². The summed E-state index contributed by atoms with van der Waals surface area (Å²) in [7, 11) is 0. The second-order valence-corrected chi connectivity index (χ2v) is 12.9. The quantitative estimate of drug-likeness (QED) is 0.478. The number of likely N-dealkylation sites (tertiary alicyclic amines) is 1. The normalized spacial score (nSPS) is 36.4. The number of amides is 3. The number of halogens is 1. The zero-order chi connectivity index (χ0) is 28.9. The second kappa shape index (κ2) is 11.3. The van der Waals surface area contributed by atoms with E-state index in [-0.39, 0.29) is 23.8 Å². The summed E-state index contributed by atoms with van der Waals surface area (Å²) in [6, 6.07) is 4.57. The number of fused-ring (bicyclic) bond motifs is 1. The zero-order valence-corrected chi connectivity index (χ0v) is 24.9. The smallest absolute Gasteiger partial charge is 0.246 e. The lowest BCUT2D eigenvalue weighted by Crippen LogP contribution is -2.58. The first-order chi connectivity index (χ1) is 19.7. The first-order valence-corrected chi connectivity index (χ1v) is 15.4. The van der Waals surface area contributed by atoms with Crippen molar-refractivity contribution >= 4 is 35.0 Å². The van der Waals surface area contributed by atoms with Crippen LogP contribution in [-0.4, -0.2) is 90.7 Å². The summed E-state index contributed by atoms with van der Waals surface area (Å²) >= 11 is 6.30. The first-order valence-electron chi connectivity index (χ1n) is 15.0. The van der Waals surface area contributed by atoms with E-state index in [1.807, 2.05) is 25.1 Å². The Morgan fingerprint density at radius 1 is 1.12 bits per heavy atom. The van der Waals surface area contributed by atoms with Gasteiger partial charge >= 0.3 is 0 Å². The lowest BCUT2D eigenvalue weighted by atomic mass is 9.73. The maximum absolute atomic E-state index is 14.2. The minimum absolute atomic E-state index is 0.0471. The predicted octanol–water partition coefficient (Wildman–Crippen LogP) is 3.01. The van der Waals surface area contributed by atoms with Gasteiger partial charge in [-0.1, -0.05) is 56.5 Å². The molecule has 222 valence electrons. The molecule has 4 heterocycles. The van der Waals surface area contributed by atoms with Crippen LogP contribution in [0.1, 0.15) is 38.7 Å². The first kappa shape index (κ1) is 28.6. The summed E-state index contributed by atoms with van der Waals surface area (Å²) in [4.78, 5) is 46.0. The number of ether oxygens (including phenoxy) is 2. The molecule has 2 bridgehead atoms. The number of hydrogen-bond donors (Lipinski definition) is 2. The molecule has 3 amide bonds. The summed E-state index contributed by atoms with van der Waals surface area (Å²) in [5, 5.41) is 6.83. The fourth-order valence-corrected chi connectivity index (χ4v) is 7.71. The molecule has 4 aliphatic heterocycles. The molecule has 10 heteroatoms. The summed E-state index contributed by atoms with van der Waals surface area (Å²) in [6.45, 7) is 10.2. The molecule has 5 aliphatic rings. The van der Waals surface area contributed by atoms with Crippen molar-refractivity contribution in [2.75, 3.05) is 44.7 Å². The molecule has 41 heavy (non-hydrogen) atoms. The van der Waals surface area contributed by atoms with Gasteiger partial charge in [-0.05, 0) is 42.9 Å². The number of benzene rings is 1. The highest BCUT2D eigenvalue weighted by molar-refractivity contribution is 6.31. The van der Waals surface area contributed by atoms with E-state index in [0.717, 1.165) is 37.9 Å². The van der Waals surface area contributed by atoms with Crippen molar-refractivity contribution in [1.29, 1.82) is 0 Å². The van der Waals surface area contributed by atoms with E-state index < -0.39 is 29.6 Å². The molecular weight excluding hydrogens is 544 g/mol. The van der Waals surface area contributed by atoms with E-state index in [1.54, 1.807) is 17.0 Å². The third-order valence-corrected chi connectivity index (χ3v) is 10.6. The van der Waals surface area contributed by atoms with Crippen LogP contribution in [0.5, 0.6) is 0 Å². The highest BCUT2D eigenvalue weighted by Gasteiger charge is 2.72. The number of hydrogen-bond acceptors (Lipinski definition) is 6. The highest BCUT2D eigenvalue weighted by Crippen LogP contribution is 2.55. The van der Waals surface area contributed by atoms with Crippen LogP contribution in [0.25, 0.3) is 0 Å². The van der Waals surface area contributed by atoms with Crippen LogP contribution in [-0.2, 0) is 23.9 Å². The van der Waals surface area contributed by atoms with Gasteiger partial charge in [0.2, 0.25) is 17.7 Å². The minimum Gasteiger partial charge on any atom is -0.379 e. The molecule has 0 aromatic heterocycles. The molecule has 1 aliphatic carbocycles. The Balaban J connectivity index is 1.27. The summed E-state index contributed by atoms with van der Waals surface area (Å²) in [5.74, 6) is -1.35. The number of nitrogens with zero attached hydrogens (tertiary/aromatic N) is 2. The summed E-state index contributed by atoms with van der Waals surface area (Å²) in [6.07, 6.45) is 6.30. The van der Waals surface area contributed by atoms with E-state index in [2.05, 4.69) is 29.4 Å². The van der Waals surface area contributed by atoms with Gasteiger partial charge < -0.3 is 25.0 Å². The Kier molecular flexibility index (Phi) is 7.91. The van der Waals surface area contributed by atoms with Crippen molar-refractivity contribution in [2.45, 2.75) is 63.8 Å². The predicted molar refractivity (Wildman–Crippen MR) is 155 cm³/mol. The van der Waals surface area contributed by atoms with E-state index in [1.165, 1.54) is 0 Å². The van der Waals surface area contributed by atoms with Crippen LogP contribution in [0.15, 0.2) is 30.4 Å². The van der Waals surface area contributed by atoms with Crippen LogP contribution in [0.2, 0.25) is 5.02 Å². The van der Waals surface area contributed by atoms with Crippen molar-refractivity contribution in [3.8, 4) is 0 Å². The van der Waals surface area contributed by atoms with E-state index in [0.29, 0.717) is 48.8 Å². The van der Waals surface area contributed by atoms with Crippen LogP contribution in [0, 0.1) is 30.6 Å². The molecule has 1 saturated carbocycles. The number of rotatable bonds is 7. The number of nitrogens with one attached hydrogen (secondary N) is 2. The molecule has 4 fully saturated rings. The largest absolute Gasteiger partial charge is 0.379 e. The summed E-state index contributed by atoms with van der Waals surface area (Å²) < 4.78 is 12.0. The van der Waals surface area contributed by atoms with Crippen molar-refractivity contribution in [1.82, 2.24) is 15.1 Å². The van der Waals surface area contributed by atoms with E-state index >= 15 is 0 Å². The Hall–Kier alpha value is -2.46. The Morgan fingerprint density at radius 3 is 2.66 bits per heavy atom. The molecule has 1 aromatic carbocycles. The molecule has 1 aromatic rings. The molecule has 3 saturated heterocycles. The summed E-state index contributed by atoms with van der Waals surface area (Å²) in [5.41, 5.74) is 0.302. The van der Waals surface area contributed by atoms with E-state index in [4.69, 9.17) is 21.1 Å². The maximum atomic E-state index is 14.2. The Bertz CT molecular complexity index is 1230. The van der Waals surface area contributed by atoms with Crippen LogP contribution in [0.3, 0.4) is 0 Å². The lowest BCUT2D eigenvalue weighted by molar-refractivity contribution is -0.142. The number of morpholine rings is 1. The Morgan fingerprint density at radius 2 is 1.90 bits per heavy atom. The molecule has 1 spiro atoms. The fourth-order valence-electron chi connectivity index (χ4n) is 7.53. The monoisotopic (exact) mass is 584 g/mol. The fraction of sp³-hybridized carbons (Fsp3) is 0.645. The SMILES string of the molecule is Cc1ccc(NC(=O)C2[C@H]3C=CC4(O3)C(C(=O)NC3CCCC(C)C3C)N(CCN3CCOCC3)C(=O)[C@@H]24)cc1Cl. The third kappa shape index (κ3) is 5.09. The van der Waals surface area contributed by atoms with Gasteiger partial charge in [0.1, 0.15) is 11.6 Å². The van der Waals surface area contributed by atoms with Crippen LogP contribution >= 0.6 is 11.6 Å². The van der Waals surface area contributed by atoms with Crippen molar-refractivity contribution < 1.29 is 23.9 Å². The van der Waals surface area contributed by atoms with Gasteiger partial charge in [-0.15, -0.1) is 0 Å². The Labute approximate surface area is 246 Å². The average molecular weight is 585 g/mol. The molecule has 6 rings (SSSR count). The lowest BCUT2D eigenvalue weighted by Gasteiger charge is -2.38. The maximum Gasteiger partial charge on any atom is 0.246 e. The van der Waals surface area contributed by atoms with Gasteiger partial charge in [-0.25, -0.2) is 0 Å². The van der Waals surface area contributed by atoms with Crippen molar-refractivity contribution in [2.24, 2.45) is 23.7 Å². The number of carbonyl (C=O) groups is 3. The molecular formula is C31H41ClN4O5. The topological polar surface area (TPSA) is 100 Å². The highest BCUT2D eigenvalue weighted by atomic mass is 35.5. The van der Waals surface area contributed by atoms with Crippen LogP contribution in [0.4, 0.5) is 5.69 Å². The molecule has 0 radical (unpaired) electrons. The number of aryl methyl sites for hydroxylation is 1. The van der Waals surface area contributed by atoms with Crippen LogP contribution < -0.4 is 10.6 Å². The third-order valence-electron chi connectivity index (χ3n) is 10.2. The molecule has 2 N–H and O–H groups in total. The van der Waals surface area contributed by atoms with Gasteiger partial charge in [-0.2, -0.15) is 0 Å². The van der Waals surface area contributed by atoms with Crippen molar-refractivity contribution in [3.05, 3.63) is 40.9 Å². The minimum atomic E-state index is -1.17. The average Bonchev–Trinajstić information content (AvgIpc) is 3.60.